The Morgan fingerprint density at radius 1 is 0.931 bits per heavy atom. The van der Waals surface area contributed by atoms with Crippen LogP contribution in [0.5, 0.6) is 0 Å². The zero-order valence-corrected chi connectivity index (χ0v) is 17.3. The lowest BCUT2D eigenvalue weighted by molar-refractivity contribution is 0.0846. The van der Waals surface area contributed by atoms with Crippen LogP contribution in [-0.2, 0) is 16.6 Å². The third kappa shape index (κ3) is 5.31. The van der Waals surface area contributed by atoms with E-state index in [4.69, 9.17) is 4.42 Å². The molecule has 150 valence electrons. The number of carbonyl (C=O) groups is 2. The summed E-state index contributed by atoms with van der Waals surface area (Å²) >= 11 is 3.26. The van der Waals surface area contributed by atoms with Crippen LogP contribution in [0.3, 0.4) is 0 Å². The van der Waals surface area contributed by atoms with Gasteiger partial charge in [0.2, 0.25) is 10.0 Å². The van der Waals surface area contributed by atoms with Gasteiger partial charge in [-0.1, -0.05) is 18.2 Å². The standard InChI is InChI=1S/C19H16BrN3O5S/c20-17-9-2-1-8-16(17)19(25)23-22-18(24)13-5-3-7-15(11-13)29(26,27)21-12-14-6-4-10-28-14/h1-11,21H,12H2,(H,22,24)(H,23,25). The van der Waals surface area contributed by atoms with Crippen molar-refractivity contribution in [2.45, 2.75) is 11.4 Å². The normalized spacial score (nSPS) is 11.1. The molecule has 0 unspecified atom stereocenters. The average Bonchev–Trinajstić information content (AvgIpc) is 3.24. The van der Waals surface area contributed by atoms with Crippen molar-refractivity contribution in [1.82, 2.24) is 15.6 Å². The van der Waals surface area contributed by atoms with Gasteiger partial charge in [-0.15, -0.1) is 0 Å². The number of carbonyl (C=O) groups excluding carboxylic acids is 2. The van der Waals surface area contributed by atoms with Crippen molar-refractivity contribution in [3.63, 3.8) is 0 Å². The Morgan fingerprint density at radius 2 is 1.69 bits per heavy atom. The fraction of sp³-hybridized carbons (Fsp3) is 0.0526. The van der Waals surface area contributed by atoms with Gasteiger partial charge in [-0.05, 0) is 58.4 Å². The van der Waals surface area contributed by atoms with Crippen LogP contribution in [0, 0.1) is 0 Å². The SMILES string of the molecule is O=C(NNC(=O)c1ccccc1Br)c1cccc(S(=O)(=O)NCc2ccco2)c1. The first-order chi connectivity index (χ1) is 13.9. The van der Waals surface area contributed by atoms with Crippen molar-refractivity contribution in [2.24, 2.45) is 0 Å². The van der Waals surface area contributed by atoms with Crippen molar-refractivity contribution in [1.29, 1.82) is 0 Å². The molecule has 2 aromatic carbocycles. The zero-order valence-electron chi connectivity index (χ0n) is 14.9. The highest BCUT2D eigenvalue weighted by atomic mass is 79.9. The summed E-state index contributed by atoms with van der Waals surface area (Å²) in [6, 6.07) is 15.5. The van der Waals surface area contributed by atoms with Crippen LogP contribution in [0.2, 0.25) is 0 Å². The van der Waals surface area contributed by atoms with Gasteiger partial charge in [0.1, 0.15) is 5.76 Å². The number of amides is 2. The first-order valence-corrected chi connectivity index (χ1v) is 10.6. The van der Waals surface area contributed by atoms with E-state index in [1.165, 1.54) is 30.5 Å². The Morgan fingerprint density at radius 3 is 2.41 bits per heavy atom. The predicted molar refractivity (Wildman–Crippen MR) is 108 cm³/mol. The highest BCUT2D eigenvalue weighted by Gasteiger charge is 2.17. The first-order valence-electron chi connectivity index (χ1n) is 8.34. The molecule has 0 bridgehead atoms. The Kier molecular flexibility index (Phi) is 6.47. The van der Waals surface area contributed by atoms with E-state index in [-0.39, 0.29) is 17.0 Å². The average molecular weight is 478 g/mol. The van der Waals surface area contributed by atoms with E-state index in [0.717, 1.165) is 0 Å². The summed E-state index contributed by atoms with van der Waals surface area (Å²) < 4.78 is 32.9. The molecule has 0 radical (unpaired) electrons. The summed E-state index contributed by atoms with van der Waals surface area (Å²) in [5.74, 6) is -0.722. The third-order valence-electron chi connectivity index (χ3n) is 3.83. The lowest BCUT2D eigenvalue weighted by Gasteiger charge is -2.10. The summed E-state index contributed by atoms with van der Waals surface area (Å²) in [7, 11) is -3.86. The molecule has 3 aromatic rings. The molecule has 0 aliphatic carbocycles. The minimum atomic E-state index is -3.86. The van der Waals surface area contributed by atoms with Gasteiger partial charge < -0.3 is 4.42 Å². The summed E-state index contributed by atoms with van der Waals surface area (Å²) in [5, 5.41) is 0. The molecule has 0 aliphatic heterocycles. The van der Waals surface area contributed by atoms with Gasteiger partial charge in [0.15, 0.2) is 0 Å². The van der Waals surface area contributed by atoms with Crippen LogP contribution in [-0.4, -0.2) is 20.2 Å². The minimum absolute atomic E-state index is 0.0201. The number of furan rings is 1. The molecule has 0 saturated carbocycles. The van der Waals surface area contributed by atoms with Gasteiger partial charge in [-0.25, -0.2) is 13.1 Å². The van der Waals surface area contributed by atoms with E-state index >= 15 is 0 Å². The number of sulfonamides is 1. The van der Waals surface area contributed by atoms with Crippen molar-refractivity contribution >= 4 is 37.8 Å². The molecule has 0 atom stereocenters. The molecule has 10 heteroatoms. The lowest BCUT2D eigenvalue weighted by atomic mass is 10.2. The molecule has 0 saturated heterocycles. The van der Waals surface area contributed by atoms with Crippen LogP contribution in [0.1, 0.15) is 26.5 Å². The van der Waals surface area contributed by atoms with Crippen LogP contribution in [0.25, 0.3) is 0 Å². The molecule has 3 rings (SSSR count). The summed E-state index contributed by atoms with van der Waals surface area (Å²) in [6.07, 6.45) is 1.44. The number of nitrogens with one attached hydrogen (secondary N) is 3. The number of rotatable bonds is 6. The van der Waals surface area contributed by atoms with Crippen molar-refractivity contribution < 1.29 is 22.4 Å². The second-order valence-electron chi connectivity index (χ2n) is 5.82. The van der Waals surface area contributed by atoms with E-state index in [1.54, 1.807) is 36.4 Å². The number of benzene rings is 2. The largest absolute Gasteiger partial charge is 0.468 e. The van der Waals surface area contributed by atoms with E-state index in [9.17, 15) is 18.0 Å². The number of halogens is 1. The maximum atomic E-state index is 12.4. The van der Waals surface area contributed by atoms with Crippen molar-refractivity contribution in [3.8, 4) is 0 Å². The zero-order chi connectivity index (χ0) is 20.9. The topological polar surface area (TPSA) is 118 Å². The molecule has 0 aliphatic rings. The van der Waals surface area contributed by atoms with Crippen molar-refractivity contribution in [2.75, 3.05) is 0 Å². The Bertz CT molecular complexity index is 1130. The number of hydrazine groups is 1. The molecule has 0 spiro atoms. The molecular formula is C19H16BrN3O5S. The van der Waals surface area contributed by atoms with Crippen LogP contribution in [0.4, 0.5) is 0 Å². The third-order valence-corrected chi connectivity index (χ3v) is 5.92. The second kappa shape index (κ2) is 9.03. The number of hydrogen-bond acceptors (Lipinski definition) is 5. The fourth-order valence-corrected chi connectivity index (χ4v) is 3.87. The smallest absolute Gasteiger partial charge is 0.270 e. The Hall–Kier alpha value is -2.95. The van der Waals surface area contributed by atoms with Gasteiger partial charge in [0, 0.05) is 10.0 Å². The van der Waals surface area contributed by atoms with Gasteiger partial charge >= 0.3 is 0 Å². The summed E-state index contributed by atoms with van der Waals surface area (Å²) in [5.41, 5.74) is 4.97. The van der Waals surface area contributed by atoms with Gasteiger partial charge in [-0.3, -0.25) is 20.4 Å². The predicted octanol–water partition coefficient (Wildman–Crippen LogP) is 2.60. The first kappa shape index (κ1) is 20.8. The molecule has 2 amide bonds. The fourth-order valence-electron chi connectivity index (χ4n) is 2.37. The quantitative estimate of drug-likeness (QED) is 0.471. The highest BCUT2D eigenvalue weighted by molar-refractivity contribution is 9.10. The Balaban J connectivity index is 1.66. The Labute approximate surface area is 175 Å². The molecule has 1 heterocycles. The summed E-state index contributed by atoms with van der Waals surface area (Å²) in [4.78, 5) is 24.4. The molecular weight excluding hydrogens is 462 g/mol. The van der Waals surface area contributed by atoms with Crippen LogP contribution < -0.4 is 15.6 Å². The molecule has 0 fully saturated rings. The molecule has 8 nitrogen and oxygen atoms in total. The maximum absolute atomic E-state index is 12.4. The minimum Gasteiger partial charge on any atom is -0.468 e. The number of hydrogen-bond donors (Lipinski definition) is 3. The van der Waals surface area contributed by atoms with E-state index in [0.29, 0.717) is 15.8 Å². The molecule has 1 aromatic heterocycles. The van der Waals surface area contributed by atoms with Crippen LogP contribution >= 0.6 is 15.9 Å². The van der Waals surface area contributed by atoms with Crippen molar-refractivity contribution in [3.05, 3.63) is 88.3 Å². The monoisotopic (exact) mass is 477 g/mol. The highest BCUT2D eigenvalue weighted by Crippen LogP contribution is 2.15. The van der Waals surface area contributed by atoms with Gasteiger partial charge in [-0.2, -0.15) is 0 Å². The van der Waals surface area contributed by atoms with E-state index in [2.05, 4.69) is 31.5 Å². The summed E-state index contributed by atoms with van der Waals surface area (Å²) in [6.45, 7) is -0.0201. The molecule has 29 heavy (non-hydrogen) atoms. The lowest BCUT2D eigenvalue weighted by Crippen LogP contribution is -2.41. The van der Waals surface area contributed by atoms with Crippen LogP contribution in [0.15, 0.2) is 80.7 Å². The second-order valence-corrected chi connectivity index (χ2v) is 8.44. The van der Waals surface area contributed by atoms with Gasteiger partial charge in [0.25, 0.3) is 11.8 Å². The van der Waals surface area contributed by atoms with E-state index in [1.807, 2.05) is 0 Å². The maximum Gasteiger partial charge on any atom is 0.270 e. The van der Waals surface area contributed by atoms with Gasteiger partial charge in [0.05, 0.1) is 23.3 Å². The molecule has 3 N–H and O–H groups in total. The van der Waals surface area contributed by atoms with E-state index < -0.39 is 21.8 Å².